The summed E-state index contributed by atoms with van der Waals surface area (Å²) < 4.78 is 12.9. The maximum atomic E-state index is 12.9. The number of aryl methyl sites for hydroxylation is 1. The van der Waals surface area contributed by atoms with Gasteiger partial charge < -0.3 is 9.80 Å². The highest BCUT2D eigenvalue weighted by Gasteiger charge is 2.21. The first-order chi connectivity index (χ1) is 12.0. The molecule has 1 aliphatic heterocycles. The molecule has 0 bridgehead atoms. The molecule has 0 aromatic heterocycles. The van der Waals surface area contributed by atoms with Crippen LogP contribution < -0.4 is 4.90 Å². The van der Waals surface area contributed by atoms with Gasteiger partial charge in [0.2, 0.25) is 0 Å². The summed E-state index contributed by atoms with van der Waals surface area (Å²) >= 11 is 6.09. The van der Waals surface area contributed by atoms with Crippen molar-refractivity contribution in [3.05, 3.63) is 64.4 Å². The number of halogens is 2. The average Bonchev–Trinajstić information content (AvgIpc) is 2.63. The number of nitrogens with zero attached hydrogens (tertiary/aromatic N) is 2. The normalized spacial score (nSPS) is 14.0. The lowest BCUT2D eigenvalue weighted by Gasteiger charge is -2.36. The Morgan fingerprint density at radius 1 is 1.08 bits per heavy atom. The van der Waals surface area contributed by atoms with Gasteiger partial charge in [0.25, 0.3) is 5.91 Å². The molecule has 1 saturated heterocycles. The van der Waals surface area contributed by atoms with E-state index in [0.29, 0.717) is 23.7 Å². The van der Waals surface area contributed by atoms with Crippen LogP contribution >= 0.6 is 11.6 Å². The number of piperazine rings is 1. The maximum Gasteiger partial charge on any atom is 0.298 e. The number of benzene rings is 2. The van der Waals surface area contributed by atoms with Gasteiger partial charge in [-0.3, -0.25) is 4.79 Å². The molecule has 3 nitrogen and oxygen atoms in total. The van der Waals surface area contributed by atoms with Crippen molar-refractivity contribution in [2.75, 3.05) is 31.1 Å². The van der Waals surface area contributed by atoms with E-state index in [1.54, 1.807) is 17.0 Å². The minimum Gasteiger partial charge on any atom is -0.368 e. The van der Waals surface area contributed by atoms with Crippen molar-refractivity contribution in [1.29, 1.82) is 0 Å². The largest absolute Gasteiger partial charge is 0.368 e. The van der Waals surface area contributed by atoms with Gasteiger partial charge in [0.1, 0.15) is 5.82 Å². The minimum atomic E-state index is -0.315. The standard InChI is InChI=1S/C20H18ClFN2O/c1-15-2-6-17(21)14-19(15)23-10-12-24(13-11-23)20(25)9-5-16-3-7-18(22)8-4-16/h2-4,6-8,14H,10-13H2,1H3. The fraction of sp³-hybridized carbons (Fsp3) is 0.250. The number of carbonyl (C=O) groups is 1. The Kier molecular flexibility index (Phi) is 5.25. The van der Waals surface area contributed by atoms with Crippen molar-refractivity contribution in [2.24, 2.45) is 0 Å². The quantitative estimate of drug-likeness (QED) is 0.730. The molecule has 2 aromatic rings. The molecule has 128 valence electrons. The van der Waals surface area contributed by atoms with Gasteiger partial charge in [0.15, 0.2) is 0 Å². The van der Waals surface area contributed by atoms with Crippen molar-refractivity contribution in [3.63, 3.8) is 0 Å². The molecule has 1 aliphatic rings. The van der Waals surface area contributed by atoms with Crippen molar-refractivity contribution in [2.45, 2.75) is 6.92 Å². The predicted molar refractivity (Wildman–Crippen MR) is 98.3 cm³/mol. The molecule has 0 atom stereocenters. The molecule has 5 heteroatoms. The number of hydrogen-bond acceptors (Lipinski definition) is 2. The molecule has 0 unspecified atom stereocenters. The van der Waals surface area contributed by atoms with Crippen LogP contribution in [-0.4, -0.2) is 37.0 Å². The van der Waals surface area contributed by atoms with Gasteiger partial charge in [0.05, 0.1) is 0 Å². The summed E-state index contributed by atoms with van der Waals surface area (Å²) in [5, 5.41) is 0.712. The number of hydrogen-bond donors (Lipinski definition) is 0. The zero-order chi connectivity index (χ0) is 17.8. The van der Waals surface area contributed by atoms with Crippen molar-refractivity contribution in [1.82, 2.24) is 4.90 Å². The first-order valence-electron chi connectivity index (χ1n) is 8.10. The van der Waals surface area contributed by atoms with Crippen LogP contribution in [0.25, 0.3) is 0 Å². The van der Waals surface area contributed by atoms with Crippen LogP contribution in [0.2, 0.25) is 5.02 Å². The average molecular weight is 357 g/mol. The van der Waals surface area contributed by atoms with Crippen LogP contribution in [0.5, 0.6) is 0 Å². The van der Waals surface area contributed by atoms with Crippen LogP contribution in [0.15, 0.2) is 42.5 Å². The Hall–Kier alpha value is -2.51. The molecule has 25 heavy (non-hydrogen) atoms. The zero-order valence-electron chi connectivity index (χ0n) is 13.9. The SMILES string of the molecule is Cc1ccc(Cl)cc1N1CCN(C(=O)C#Cc2ccc(F)cc2)CC1. The van der Waals surface area contributed by atoms with Gasteiger partial charge >= 0.3 is 0 Å². The Labute approximate surface area is 152 Å². The molecule has 3 rings (SSSR count). The van der Waals surface area contributed by atoms with Crippen LogP contribution in [0.1, 0.15) is 11.1 Å². The number of anilines is 1. The van der Waals surface area contributed by atoms with E-state index in [-0.39, 0.29) is 11.7 Å². The fourth-order valence-electron chi connectivity index (χ4n) is 2.81. The molecule has 0 aliphatic carbocycles. The van der Waals surface area contributed by atoms with Crippen molar-refractivity contribution in [3.8, 4) is 11.8 Å². The van der Waals surface area contributed by atoms with E-state index < -0.39 is 0 Å². The van der Waals surface area contributed by atoms with Gasteiger partial charge in [0, 0.05) is 48.4 Å². The van der Waals surface area contributed by atoms with E-state index >= 15 is 0 Å². The maximum absolute atomic E-state index is 12.9. The molecule has 0 spiro atoms. The highest BCUT2D eigenvalue weighted by molar-refractivity contribution is 6.30. The van der Waals surface area contributed by atoms with E-state index in [1.165, 1.54) is 17.7 Å². The number of amides is 1. The monoisotopic (exact) mass is 356 g/mol. The Bertz CT molecular complexity index is 831. The predicted octanol–water partition coefficient (Wildman–Crippen LogP) is 3.49. The summed E-state index contributed by atoms with van der Waals surface area (Å²) in [5.41, 5.74) is 2.90. The molecular weight excluding hydrogens is 339 g/mol. The third kappa shape index (κ3) is 4.32. The first-order valence-corrected chi connectivity index (χ1v) is 8.48. The summed E-state index contributed by atoms with van der Waals surface area (Å²) in [5.74, 6) is 4.91. The highest BCUT2D eigenvalue weighted by Crippen LogP contribution is 2.25. The third-order valence-corrected chi connectivity index (χ3v) is 4.47. The van der Waals surface area contributed by atoms with Crippen molar-refractivity contribution >= 4 is 23.2 Å². The van der Waals surface area contributed by atoms with E-state index in [4.69, 9.17) is 11.6 Å². The van der Waals surface area contributed by atoms with E-state index in [9.17, 15) is 9.18 Å². The topological polar surface area (TPSA) is 23.6 Å². The molecule has 1 heterocycles. The first kappa shape index (κ1) is 17.3. The van der Waals surface area contributed by atoms with E-state index in [2.05, 4.69) is 23.7 Å². The molecule has 1 amide bonds. The van der Waals surface area contributed by atoms with Crippen LogP contribution in [0, 0.1) is 24.6 Å². The van der Waals surface area contributed by atoms with Gasteiger partial charge in [-0.1, -0.05) is 23.6 Å². The molecule has 1 fully saturated rings. The minimum absolute atomic E-state index is 0.202. The summed E-state index contributed by atoms with van der Waals surface area (Å²) in [6.07, 6.45) is 0. The summed E-state index contributed by atoms with van der Waals surface area (Å²) in [6.45, 7) is 4.76. The molecule has 0 radical (unpaired) electrons. The molecule has 2 aromatic carbocycles. The van der Waals surface area contributed by atoms with E-state index in [1.807, 2.05) is 18.2 Å². The lowest BCUT2D eigenvalue weighted by Crippen LogP contribution is -2.48. The Balaban J connectivity index is 1.61. The third-order valence-electron chi connectivity index (χ3n) is 4.24. The molecular formula is C20H18ClFN2O. The second-order valence-electron chi connectivity index (χ2n) is 5.97. The zero-order valence-corrected chi connectivity index (χ0v) is 14.7. The van der Waals surface area contributed by atoms with E-state index in [0.717, 1.165) is 18.8 Å². The van der Waals surface area contributed by atoms with Crippen LogP contribution in [-0.2, 0) is 4.79 Å². The second-order valence-corrected chi connectivity index (χ2v) is 6.40. The summed E-state index contributed by atoms with van der Waals surface area (Å²) in [7, 11) is 0. The fourth-order valence-corrected chi connectivity index (χ4v) is 2.98. The van der Waals surface area contributed by atoms with Crippen LogP contribution in [0.4, 0.5) is 10.1 Å². The Morgan fingerprint density at radius 3 is 2.44 bits per heavy atom. The molecule has 0 N–H and O–H groups in total. The van der Waals surface area contributed by atoms with Gasteiger partial charge in [-0.2, -0.15) is 0 Å². The summed E-state index contributed by atoms with van der Waals surface area (Å²) in [6, 6.07) is 11.6. The highest BCUT2D eigenvalue weighted by atomic mass is 35.5. The lowest BCUT2D eigenvalue weighted by atomic mass is 10.1. The summed E-state index contributed by atoms with van der Waals surface area (Å²) in [4.78, 5) is 16.2. The van der Waals surface area contributed by atoms with Gasteiger partial charge in [-0.25, -0.2) is 4.39 Å². The van der Waals surface area contributed by atoms with Crippen LogP contribution in [0.3, 0.4) is 0 Å². The van der Waals surface area contributed by atoms with Gasteiger partial charge in [-0.15, -0.1) is 0 Å². The Morgan fingerprint density at radius 2 is 1.76 bits per heavy atom. The van der Waals surface area contributed by atoms with Gasteiger partial charge in [-0.05, 0) is 48.9 Å². The smallest absolute Gasteiger partial charge is 0.298 e. The van der Waals surface area contributed by atoms with Crippen molar-refractivity contribution < 1.29 is 9.18 Å². The number of rotatable bonds is 1. The second kappa shape index (κ2) is 7.58. The number of carbonyl (C=O) groups excluding carboxylic acids is 1. The molecule has 0 saturated carbocycles. The lowest BCUT2D eigenvalue weighted by molar-refractivity contribution is -0.125.